The normalized spacial score (nSPS) is 12.6. The molecule has 2 unspecified atom stereocenters. The van der Waals surface area contributed by atoms with Crippen LogP contribution in [0, 0.1) is 0 Å². The van der Waals surface area contributed by atoms with Crippen molar-refractivity contribution in [2.24, 2.45) is 0 Å². The second kappa shape index (κ2) is 64.9. The zero-order valence-electron chi connectivity index (χ0n) is 50.8. The van der Waals surface area contributed by atoms with Crippen molar-refractivity contribution in [2.75, 3.05) is 13.2 Å². The fraction of sp³-hybridized carbons (Fsp3) is 0.913. The van der Waals surface area contributed by atoms with Crippen LogP contribution in [-0.2, 0) is 14.3 Å². The van der Waals surface area contributed by atoms with Gasteiger partial charge >= 0.3 is 5.97 Å². The summed E-state index contributed by atoms with van der Waals surface area (Å²) in [5.41, 5.74) is 0. The molecule has 0 saturated carbocycles. The smallest absolute Gasteiger partial charge is 0.305 e. The molecule has 3 N–H and O–H groups in total. The summed E-state index contributed by atoms with van der Waals surface area (Å²) in [6.07, 6.45) is 80.7. The second-order valence-electron chi connectivity index (χ2n) is 23.5. The van der Waals surface area contributed by atoms with Crippen LogP contribution in [0.3, 0.4) is 0 Å². The Morgan fingerprint density at radius 2 is 0.627 bits per heavy atom. The third-order valence-electron chi connectivity index (χ3n) is 16.0. The van der Waals surface area contributed by atoms with E-state index >= 15 is 0 Å². The third-order valence-corrected chi connectivity index (χ3v) is 16.0. The van der Waals surface area contributed by atoms with Gasteiger partial charge in [-0.1, -0.05) is 314 Å². The summed E-state index contributed by atoms with van der Waals surface area (Å²) in [4.78, 5) is 24.6. The Bertz CT molecular complexity index is 1170. The average molecular weight is 1060 g/mol. The van der Waals surface area contributed by atoms with E-state index in [-0.39, 0.29) is 18.5 Å². The Morgan fingerprint density at radius 1 is 0.360 bits per heavy atom. The highest BCUT2D eigenvalue weighted by molar-refractivity contribution is 5.76. The van der Waals surface area contributed by atoms with E-state index in [2.05, 4.69) is 43.5 Å². The Labute approximate surface area is 469 Å². The number of hydrogen-bond acceptors (Lipinski definition) is 5. The van der Waals surface area contributed by atoms with Gasteiger partial charge < -0.3 is 20.3 Å². The van der Waals surface area contributed by atoms with Crippen LogP contribution >= 0.6 is 0 Å². The molecule has 1 amide bonds. The molecule has 6 heteroatoms. The number of aliphatic hydroxyl groups excluding tert-OH is 2. The van der Waals surface area contributed by atoms with E-state index in [0.29, 0.717) is 25.9 Å². The van der Waals surface area contributed by atoms with Crippen molar-refractivity contribution in [3.05, 3.63) is 24.3 Å². The van der Waals surface area contributed by atoms with E-state index in [1.54, 1.807) is 0 Å². The monoisotopic (exact) mass is 1060 g/mol. The van der Waals surface area contributed by atoms with Crippen molar-refractivity contribution in [3.63, 3.8) is 0 Å². The Kier molecular flexibility index (Phi) is 63.4. The number of ether oxygens (including phenoxy) is 1. The molecular formula is C69H133NO5. The SMILES string of the molecule is CCCCC/C=C\CCCCCCCC(=O)OCCCCCCCCCCCCCC/C=C\CCCCCCCCCC(=O)NC(CO)C(O)CCCCCCCCCCCCCCCCCCCCCCCCC. The quantitative estimate of drug-likeness (QED) is 0.0320. The van der Waals surface area contributed by atoms with Gasteiger partial charge in [0.1, 0.15) is 0 Å². The van der Waals surface area contributed by atoms with Crippen LogP contribution in [0.25, 0.3) is 0 Å². The molecular weight excluding hydrogens is 923 g/mol. The highest BCUT2D eigenvalue weighted by Gasteiger charge is 2.20. The van der Waals surface area contributed by atoms with Crippen LogP contribution in [0.15, 0.2) is 24.3 Å². The van der Waals surface area contributed by atoms with Crippen molar-refractivity contribution in [1.29, 1.82) is 0 Å². The number of nitrogens with one attached hydrogen (secondary N) is 1. The van der Waals surface area contributed by atoms with Crippen molar-refractivity contribution in [2.45, 2.75) is 392 Å². The van der Waals surface area contributed by atoms with Gasteiger partial charge in [0.05, 0.1) is 25.4 Å². The summed E-state index contributed by atoms with van der Waals surface area (Å²) in [7, 11) is 0. The minimum absolute atomic E-state index is 0.00211. The van der Waals surface area contributed by atoms with E-state index in [1.807, 2.05) is 0 Å². The van der Waals surface area contributed by atoms with Gasteiger partial charge in [0.25, 0.3) is 0 Å². The molecule has 0 aromatic heterocycles. The number of allylic oxidation sites excluding steroid dienone is 4. The largest absolute Gasteiger partial charge is 0.466 e. The van der Waals surface area contributed by atoms with Gasteiger partial charge in [0.15, 0.2) is 0 Å². The van der Waals surface area contributed by atoms with Crippen molar-refractivity contribution in [1.82, 2.24) is 5.32 Å². The van der Waals surface area contributed by atoms with Crippen LogP contribution < -0.4 is 5.32 Å². The molecule has 0 radical (unpaired) electrons. The summed E-state index contributed by atoms with van der Waals surface area (Å²) >= 11 is 0. The lowest BCUT2D eigenvalue weighted by Crippen LogP contribution is -2.45. The van der Waals surface area contributed by atoms with Gasteiger partial charge in [0, 0.05) is 12.8 Å². The predicted molar refractivity (Wildman–Crippen MR) is 329 cm³/mol. The minimum atomic E-state index is -0.669. The first-order valence-electron chi connectivity index (χ1n) is 34.1. The van der Waals surface area contributed by atoms with Crippen LogP contribution in [0.5, 0.6) is 0 Å². The maximum atomic E-state index is 12.5. The molecule has 0 aromatic carbocycles. The fourth-order valence-corrected chi connectivity index (χ4v) is 10.7. The Morgan fingerprint density at radius 3 is 0.973 bits per heavy atom. The number of carbonyl (C=O) groups excluding carboxylic acids is 2. The molecule has 0 saturated heterocycles. The molecule has 0 heterocycles. The summed E-state index contributed by atoms with van der Waals surface area (Å²) in [5, 5.41) is 23.4. The molecule has 0 aromatic rings. The van der Waals surface area contributed by atoms with Gasteiger partial charge in [-0.3, -0.25) is 9.59 Å². The van der Waals surface area contributed by atoms with E-state index in [1.165, 1.54) is 302 Å². The Hall–Kier alpha value is -1.66. The fourth-order valence-electron chi connectivity index (χ4n) is 10.7. The van der Waals surface area contributed by atoms with Gasteiger partial charge in [-0.2, -0.15) is 0 Å². The maximum Gasteiger partial charge on any atom is 0.305 e. The summed E-state index contributed by atoms with van der Waals surface area (Å²) in [6.45, 7) is 4.96. The molecule has 6 nitrogen and oxygen atoms in total. The summed E-state index contributed by atoms with van der Waals surface area (Å²) in [6, 6.07) is -0.547. The summed E-state index contributed by atoms with van der Waals surface area (Å²) < 4.78 is 5.47. The predicted octanol–water partition coefficient (Wildman–Crippen LogP) is 21.8. The standard InChI is InChI=1S/C69H133NO5/c1-3-5-7-9-11-13-15-17-18-19-20-21-23-26-29-32-35-38-41-45-49-53-57-61-67(72)66(65-71)70-68(73)62-58-54-50-46-42-39-36-33-30-27-24-22-25-28-31-34-37-40-44-48-52-56-60-64-75-69(74)63-59-55-51-47-43-16-14-12-10-8-6-4-2/h12,14,27,30,66-67,71-72H,3-11,13,15-26,28-29,31-65H2,1-2H3,(H,70,73)/b14-12-,30-27-. The minimum Gasteiger partial charge on any atom is -0.466 e. The molecule has 0 aliphatic rings. The molecule has 0 rings (SSSR count). The third kappa shape index (κ3) is 61.4. The maximum absolute atomic E-state index is 12.5. The van der Waals surface area contributed by atoms with E-state index in [4.69, 9.17) is 4.74 Å². The molecule has 0 bridgehead atoms. The number of rotatable bonds is 64. The number of unbranched alkanes of at least 4 members (excludes halogenated alkanes) is 49. The van der Waals surface area contributed by atoms with Gasteiger partial charge in [0.2, 0.25) is 5.91 Å². The van der Waals surface area contributed by atoms with Crippen LogP contribution in [0.2, 0.25) is 0 Å². The first-order chi connectivity index (χ1) is 37.0. The number of carbonyl (C=O) groups is 2. The molecule has 75 heavy (non-hydrogen) atoms. The van der Waals surface area contributed by atoms with E-state index in [0.717, 1.165) is 44.9 Å². The summed E-state index contributed by atoms with van der Waals surface area (Å²) in [5.74, 6) is -0.0350. The zero-order valence-corrected chi connectivity index (χ0v) is 50.8. The number of amides is 1. The van der Waals surface area contributed by atoms with E-state index in [9.17, 15) is 19.8 Å². The van der Waals surface area contributed by atoms with Crippen LogP contribution in [-0.4, -0.2) is 47.4 Å². The lowest BCUT2D eigenvalue weighted by atomic mass is 10.0. The van der Waals surface area contributed by atoms with Gasteiger partial charge in [-0.25, -0.2) is 0 Å². The molecule has 0 aliphatic heterocycles. The van der Waals surface area contributed by atoms with Gasteiger partial charge in [-0.15, -0.1) is 0 Å². The topological polar surface area (TPSA) is 95.9 Å². The number of esters is 1. The first kappa shape index (κ1) is 73.3. The molecule has 0 fully saturated rings. The van der Waals surface area contributed by atoms with Crippen molar-refractivity contribution < 1.29 is 24.5 Å². The molecule has 0 spiro atoms. The lowest BCUT2D eigenvalue weighted by Gasteiger charge is -2.22. The lowest BCUT2D eigenvalue weighted by molar-refractivity contribution is -0.143. The molecule has 0 aliphatic carbocycles. The van der Waals surface area contributed by atoms with E-state index < -0.39 is 12.1 Å². The first-order valence-corrected chi connectivity index (χ1v) is 34.1. The number of hydrogen-bond donors (Lipinski definition) is 3. The highest BCUT2D eigenvalue weighted by atomic mass is 16.5. The van der Waals surface area contributed by atoms with Crippen molar-refractivity contribution >= 4 is 11.9 Å². The zero-order chi connectivity index (χ0) is 54.3. The van der Waals surface area contributed by atoms with Crippen LogP contribution in [0.4, 0.5) is 0 Å². The van der Waals surface area contributed by atoms with Crippen LogP contribution in [0.1, 0.15) is 380 Å². The van der Waals surface area contributed by atoms with Gasteiger partial charge in [-0.05, 0) is 77.0 Å². The Balaban J connectivity index is 3.41. The molecule has 444 valence electrons. The van der Waals surface area contributed by atoms with Crippen molar-refractivity contribution in [3.8, 4) is 0 Å². The molecule has 2 atom stereocenters. The number of aliphatic hydroxyl groups is 2. The average Bonchev–Trinajstić information content (AvgIpc) is 3.41. The highest BCUT2D eigenvalue weighted by Crippen LogP contribution is 2.18. The second-order valence-corrected chi connectivity index (χ2v) is 23.5.